The van der Waals surface area contributed by atoms with Crippen LogP contribution in [0, 0.1) is 12.8 Å². The predicted molar refractivity (Wildman–Crippen MR) is 111 cm³/mol. The second-order valence-corrected chi connectivity index (χ2v) is 7.26. The van der Waals surface area contributed by atoms with Crippen molar-refractivity contribution in [2.75, 3.05) is 7.05 Å². The fraction of sp³-hybridized carbons (Fsp3) is 0.250. The molecule has 3 aromatic rings. The van der Waals surface area contributed by atoms with Crippen molar-refractivity contribution in [3.63, 3.8) is 0 Å². The summed E-state index contributed by atoms with van der Waals surface area (Å²) in [6, 6.07) is 21.4. The van der Waals surface area contributed by atoms with Gasteiger partial charge < -0.3 is 14.4 Å². The smallest absolute Gasteiger partial charge is 0.339 e. The van der Waals surface area contributed by atoms with Crippen LogP contribution in [0.25, 0.3) is 0 Å². The van der Waals surface area contributed by atoms with E-state index in [1.807, 2.05) is 60.7 Å². The molecule has 0 spiro atoms. The number of hydrogen-bond donors (Lipinski definition) is 1. The number of benzene rings is 2. The van der Waals surface area contributed by atoms with E-state index in [2.05, 4.69) is 0 Å². The van der Waals surface area contributed by atoms with Crippen LogP contribution in [-0.4, -0.2) is 28.9 Å². The molecule has 5 heteroatoms. The van der Waals surface area contributed by atoms with Crippen molar-refractivity contribution in [3.05, 3.63) is 94.9 Å². The topological polar surface area (TPSA) is 70.8 Å². The Morgan fingerprint density at radius 2 is 1.48 bits per heavy atom. The molecule has 29 heavy (non-hydrogen) atoms. The molecule has 0 saturated heterocycles. The summed E-state index contributed by atoms with van der Waals surface area (Å²) >= 11 is 0. The molecule has 5 nitrogen and oxygen atoms in total. The van der Waals surface area contributed by atoms with Crippen molar-refractivity contribution in [1.29, 1.82) is 0 Å². The van der Waals surface area contributed by atoms with Gasteiger partial charge in [0, 0.05) is 13.0 Å². The van der Waals surface area contributed by atoms with E-state index in [0.717, 1.165) is 11.1 Å². The summed E-state index contributed by atoms with van der Waals surface area (Å²) in [7, 11) is 1.73. The number of aromatic carboxylic acids is 1. The second-order valence-electron chi connectivity index (χ2n) is 7.26. The van der Waals surface area contributed by atoms with Gasteiger partial charge in [0.25, 0.3) is 0 Å². The van der Waals surface area contributed by atoms with Crippen LogP contribution in [0.4, 0.5) is 0 Å². The van der Waals surface area contributed by atoms with Crippen molar-refractivity contribution in [2.24, 2.45) is 5.92 Å². The van der Waals surface area contributed by atoms with Gasteiger partial charge in [0.2, 0.25) is 5.91 Å². The molecule has 150 valence electrons. The number of carbonyl (C=O) groups excluding carboxylic acids is 1. The normalized spacial score (nSPS) is 10.9. The van der Waals surface area contributed by atoms with Gasteiger partial charge in [-0.1, -0.05) is 60.7 Å². The summed E-state index contributed by atoms with van der Waals surface area (Å²) in [5, 5.41) is 9.20. The van der Waals surface area contributed by atoms with Gasteiger partial charge in [0.15, 0.2) is 0 Å². The van der Waals surface area contributed by atoms with Crippen LogP contribution < -0.4 is 0 Å². The lowest BCUT2D eigenvalue weighted by atomic mass is 9.91. The van der Waals surface area contributed by atoms with Gasteiger partial charge in [-0.25, -0.2) is 4.79 Å². The zero-order valence-corrected chi connectivity index (χ0v) is 16.7. The molecule has 0 radical (unpaired) electrons. The number of rotatable bonds is 8. The molecule has 1 amide bonds. The number of amides is 1. The summed E-state index contributed by atoms with van der Waals surface area (Å²) in [4.78, 5) is 26.1. The highest BCUT2D eigenvalue weighted by atomic mass is 16.4. The first-order valence-corrected chi connectivity index (χ1v) is 9.59. The Morgan fingerprint density at radius 3 is 1.93 bits per heavy atom. The van der Waals surface area contributed by atoms with E-state index in [1.165, 1.54) is 6.07 Å². The first kappa shape index (κ1) is 20.4. The average molecular weight is 391 g/mol. The molecule has 1 heterocycles. The molecule has 0 bridgehead atoms. The molecule has 0 aliphatic rings. The van der Waals surface area contributed by atoms with Crippen molar-refractivity contribution in [3.8, 4) is 0 Å². The monoisotopic (exact) mass is 391 g/mol. The summed E-state index contributed by atoms with van der Waals surface area (Å²) in [6.07, 6.45) is 1.27. The molecule has 0 aliphatic heterocycles. The van der Waals surface area contributed by atoms with Crippen molar-refractivity contribution in [1.82, 2.24) is 4.90 Å². The Bertz CT molecular complexity index is 922. The third-order valence-corrected chi connectivity index (χ3v) is 4.97. The minimum atomic E-state index is -1.03. The lowest BCUT2D eigenvalue weighted by molar-refractivity contribution is -0.135. The maximum absolute atomic E-state index is 13.2. The molecule has 0 aliphatic carbocycles. The van der Waals surface area contributed by atoms with Crippen LogP contribution >= 0.6 is 0 Å². The van der Waals surface area contributed by atoms with Crippen molar-refractivity contribution < 1.29 is 19.1 Å². The van der Waals surface area contributed by atoms with E-state index in [9.17, 15) is 14.7 Å². The van der Waals surface area contributed by atoms with E-state index in [4.69, 9.17) is 4.42 Å². The number of carboxylic acids is 1. The standard InChI is InChI=1S/C24H25NO4/c1-17-22(24(27)28)15-21(29-17)16-25(2)23(26)20(13-18-9-5-3-6-10-18)14-19-11-7-4-8-12-19/h3-12,15,20H,13-14,16H2,1-2H3,(H,27,28). The van der Waals surface area contributed by atoms with E-state index in [-0.39, 0.29) is 23.9 Å². The number of carboxylic acid groups (broad SMARTS) is 1. The Hall–Kier alpha value is -3.34. The maximum Gasteiger partial charge on any atom is 0.339 e. The van der Waals surface area contributed by atoms with Crippen molar-refractivity contribution in [2.45, 2.75) is 26.3 Å². The lowest BCUT2D eigenvalue weighted by Gasteiger charge is -2.23. The number of hydrogen-bond acceptors (Lipinski definition) is 3. The summed E-state index contributed by atoms with van der Waals surface area (Å²) in [5.74, 6) is -0.437. The van der Waals surface area contributed by atoms with Gasteiger partial charge in [0.1, 0.15) is 17.1 Å². The van der Waals surface area contributed by atoms with Gasteiger partial charge in [-0.05, 0) is 37.0 Å². The van der Waals surface area contributed by atoms with Crippen LogP contribution in [-0.2, 0) is 24.2 Å². The highest BCUT2D eigenvalue weighted by Gasteiger charge is 2.24. The average Bonchev–Trinajstić information content (AvgIpc) is 3.09. The quantitative estimate of drug-likeness (QED) is 0.620. The van der Waals surface area contributed by atoms with Crippen LogP contribution in [0.2, 0.25) is 0 Å². The van der Waals surface area contributed by atoms with Gasteiger partial charge in [-0.15, -0.1) is 0 Å². The van der Waals surface area contributed by atoms with Crippen LogP contribution in [0.3, 0.4) is 0 Å². The van der Waals surface area contributed by atoms with E-state index in [1.54, 1.807) is 18.9 Å². The summed E-state index contributed by atoms with van der Waals surface area (Å²) in [6.45, 7) is 1.84. The van der Waals surface area contributed by atoms with E-state index < -0.39 is 5.97 Å². The molecule has 0 fully saturated rings. The first-order valence-electron chi connectivity index (χ1n) is 9.59. The summed E-state index contributed by atoms with van der Waals surface area (Å²) in [5.41, 5.74) is 2.35. The molecule has 3 rings (SSSR count). The van der Waals surface area contributed by atoms with Gasteiger partial charge in [-0.2, -0.15) is 0 Å². The molecule has 1 N–H and O–H groups in total. The molecule has 0 saturated carbocycles. The maximum atomic E-state index is 13.2. The highest BCUT2D eigenvalue weighted by molar-refractivity contribution is 5.88. The van der Waals surface area contributed by atoms with Crippen LogP contribution in [0.5, 0.6) is 0 Å². The number of furan rings is 1. The Labute approximate surface area is 170 Å². The van der Waals surface area contributed by atoms with Crippen LogP contribution in [0.1, 0.15) is 33.0 Å². The third-order valence-electron chi connectivity index (χ3n) is 4.97. The lowest BCUT2D eigenvalue weighted by Crippen LogP contribution is -2.34. The Kier molecular flexibility index (Phi) is 6.50. The predicted octanol–water partition coefficient (Wildman–Crippen LogP) is 4.35. The Balaban J connectivity index is 1.77. The molecular weight excluding hydrogens is 366 g/mol. The fourth-order valence-corrected chi connectivity index (χ4v) is 3.50. The zero-order chi connectivity index (χ0) is 20.8. The van der Waals surface area contributed by atoms with Gasteiger partial charge >= 0.3 is 5.97 Å². The van der Waals surface area contributed by atoms with E-state index in [0.29, 0.717) is 24.4 Å². The highest BCUT2D eigenvalue weighted by Crippen LogP contribution is 2.20. The van der Waals surface area contributed by atoms with Gasteiger partial charge in [0.05, 0.1) is 6.54 Å². The molecular formula is C24H25NO4. The molecule has 1 aromatic heterocycles. The third kappa shape index (κ3) is 5.35. The fourth-order valence-electron chi connectivity index (χ4n) is 3.50. The minimum absolute atomic E-state index is 0.00336. The summed E-state index contributed by atoms with van der Waals surface area (Å²) < 4.78 is 5.54. The molecule has 0 atom stereocenters. The zero-order valence-electron chi connectivity index (χ0n) is 16.7. The van der Waals surface area contributed by atoms with Crippen molar-refractivity contribution >= 4 is 11.9 Å². The number of nitrogens with zero attached hydrogens (tertiary/aromatic N) is 1. The first-order chi connectivity index (χ1) is 13.9. The largest absolute Gasteiger partial charge is 0.478 e. The van der Waals surface area contributed by atoms with Crippen LogP contribution in [0.15, 0.2) is 71.1 Å². The molecule has 2 aromatic carbocycles. The van der Waals surface area contributed by atoms with Gasteiger partial charge in [-0.3, -0.25) is 4.79 Å². The number of aryl methyl sites for hydroxylation is 1. The molecule has 0 unspecified atom stereocenters. The minimum Gasteiger partial charge on any atom is -0.478 e. The number of carbonyl (C=O) groups is 2. The Morgan fingerprint density at radius 1 is 0.966 bits per heavy atom. The SMILES string of the molecule is Cc1oc(CN(C)C(=O)C(Cc2ccccc2)Cc2ccccc2)cc1C(=O)O. The van der Waals surface area contributed by atoms with E-state index >= 15 is 0 Å². The second kappa shape index (κ2) is 9.24.